The molecule has 282 valence electrons. The highest BCUT2D eigenvalue weighted by Gasteiger charge is 2.28. The van der Waals surface area contributed by atoms with E-state index in [-0.39, 0.29) is 20.6 Å². The van der Waals surface area contributed by atoms with Gasteiger partial charge in [0, 0.05) is 67.2 Å². The molecular formula is C37H49ClN6O6S2. The number of imidazole rings is 2. The first-order chi connectivity index (χ1) is 24.4. The average Bonchev–Trinajstić information content (AvgIpc) is 3.84. The molecule has 2 saturated heterocycles. The Labute approximate surface area is 311 Å². The Hall–Kier alpha value is -3.30. The molecule has 5 heterocycles. The van der Waals surface area contributed by atoms with E-state index in [0.29, 0.717) is 22.9 Å². The highest BCUT2D eigenvalue weighted by atomic mass is 35.7. The fourth-order valence-corrected chi connectivity index (χ4v) is 8.82. The van der Waals surface area contributed by atoms with Crippen LogP contribution in [-0.2, 0) is 52.5 Å². The Bertz CT molecular complexity index is 2240. The number of hydrogen-bond donors (Lipinski definition) is 0. The minimum Gasteiger partial charge on any atom is -0.381 e. The summed E-state index contributed by atoms with van der Waals surface area (Å²) in [5, 5.41) is 3.87. The summed E-state index contributed by atoms with van der Waals surface area (Å²) in [6, 6.07) is 11.7. The van der Waals surface area contributed by atoms with Crippen LogP contribution in [0.25, 0.3) is 22.1 Å². The molecular weight excluding hydrogens is 724 g/mol. The van der Waals surface area contributed by atoms with Crippen molar-refractivity contribution in [2.45, 2.75) is 101 Å². The summed E-state index contributed by atoms with van der Waals surface area (Å²) in [4.78, 5) is 9.86. The van der Waals surface area contributed by atoms with Crippen LogP contribution in [0.4, 0.5) is 0 Å². The van der Waals surface area contributed by atoms with Crippen LogP contribution in [0.1, 0.15) is 78.9 Å². The van der Waals surface area contributed by atoms with Gasteiger partial charge in [0.05, 0.1) is 38.1 Å². The molecule has 0 unspecified atom stereocenters. The molecule has 2 aromatic carbocycles. The van der Waals surface area contributed by atoms with Gasteiger partial charge in [-0.1, -0.05) is 41.5 Å². The molecule has 5 aromatic rings. The molecule has 7 rings (SSSR count). The number of fused-ring (bicyclic) bond motifs is 2. The average molecular weight is 773 g/mol. The number of halogens is 1. The Balaban J connectivity index is 0.000000181. The van der Waals surface area contributed by atoms with Crippen LogP contribution < -0.4 is 0 Å². The van der Waals surface area contributed by atoms with Crippen molar-refractivity contribution in [2.24, 2.45) is 11.8 Å². The topological polar surface area (TPSA) is 140 Å². The quantitative estimate of drug-likeness (QED) is 0.162. The van der Waals surface area contributed by atoms with Crippen LogP contribution in [0.5, 0.6) is 0 Å². The lowest BCUT2D eigenvalue weighted by Gasteiger charge is -2.26. The summed E-state index contributed by atoms with van der Waals surface area (Å²) in [5.74, 6) is 3.03. The second-order valence-corrected chi connectivity index (χ2v) is 20.2. The highest BCUT2D eigenvalue weighted by molar-refractivity contribution is 8.13. The smallest absolute Gasteiger partial charge is 0.283 e. The van der Waals surface area contributed by atoms with Crippen molar-refractivity contribution in [1.82, 2.24) is 28.3 Å². The molecule has 15 heteroatoms. The number of aromatic nitrogens is 6. The second-order valence-electron chi connectivity index (χ2n) is 15.8. The molecule has 0 radical (unpaired) electrons. The number of benzene rings is 2. The van der Waals surface area contributed by atoms with Gasteiger partial charge in [-0.25, -0.2) is 18.4 Å². The zero-order valence-electron chi connectivity index (χ0n) is 30.7. The maximum absolute atomic E-state index is 12.8. The van der Waals surface area contributed by atoms with Gasteiger partial charge < -0.3 is 18.6 Å². The van der Waals surface area contributed by atoms with Crippen molar-refractivity contribution in [3.63, 3.8) is 0 Å². The van der Waals surface area contributed by atoms with Crippen molar-refractivity contribution in [2.75, 3.05) is 26.4 Å². The lowest BCUT2D eigenvalue weighted by Crippen LogP contribution is -2.25. The molecule has 3 aromatic heterocycles. The molecule has 2 fully saturated rings. The van der Waals surface area contributed by atoms with E-state index in [1.165, 1.54) is 12.4 Å². The fraction of sp³-hybridized carbons (Fsp3) is 0.541. The lowest BCUT2D eigenvalue weighted by atomic mass is 9.94. The monoisotopic (exact) mass is 772 g/mol. The van der Waals surface area contributed by atoms with Crippen molar-refractivity contribution >= 4 is 51.8 Å². The molecule has 0 amide bonds. The SMILES string of the molecule is CC(C)(C)c1nc2cc(S(=O)(=O)Cl)ccc2n1CC1CCOCC1.CC(C)(C)c1nc2cc(S(=O)(=O)n3cccn3)ccc2n1CC1CCOCC1. The van der Waals surface area contributed by atoms with Crippen molar-refractivity contribution in [3.8, 4) is 0 Å². The largest absolute Gasteiger partial charge is 0.381 e. The normalized spacial score (nSPS) is 17.1. The Morgan fingerprint density at radius 1 is 0.712 bits per heavy atom. The van der Waals surface area contributed by atoms with E-state index >= 15 is 0 Å². The van der Waals surface area contributed by atoms with E-state index in [1.54, 1.807) is 30.3 Å². The standard InChI is InChI=1S/C20H26N4O3S.C17H23ClN2O3S/c1-20(2,3)19-22-17-13-16(28(25,26)24-10-4-9-21-24)5-6-18(17)23(19)14-15-7-11-27-12-8-15;1-17(2,3)16-19-14-10-13(24(18,21)22)4-5-15(14)20(16)11-12-6-8-23-9-7-12/h4-6,9-10,13,15H,7-8,11-12,14H2,1-3H3;4-5,10,12H,6-9,11H2,1-3H3. The van der Waals surface area contributed by atoms with Gasteiger partial charge >= 0.3 is 0 Å². The summed E-state index contributed by atoms with van der Waals surface area (Å²) >= 11 is 0. The summed E-state index contributed by atoms with van der Waals surface area (Å²) in [5.41, 5.74) is 3.01. The number of ether oxygens (including phenoxy) is 2. The Morgan fingerprint density at radius 3 is 1.56 bits per heavy atom. The minimum atomic E-state index is -3.75. The van der Waals surface area contributed by atoms with E-state index in [0.717, 1.165) is 92.0 Å². The van der Waals surface area contributed by atoms with Gasteiger partial charge in [0.2, 0.25) is 0 Å². The van der Waals surface area contributed by atoms with Gasteiger partial charge in [-0.3, -0.25) is 0 Å². The molecule has 0 saturated carbocycles. The van der Waals surface area contributed by atoms with Gasteiger partial charge in [0.25, 0.3) is 19.1 Å². The molecule has 0 bridgehead atoms. The predicted molar refractivity (Wildman–Crippen MR) is 202 cm³/mol. The second kappa shape index (κ2) is 14.8. The predicted octanol–water partition coefficient (Wildman–Crippen LogP) is 6.88. The molecule has 0 spiro atoms. The van der Waals surface area contributed by atoms with Gasteiger partial charge in [-0.05, 0) is 80.0 Å². The molecule has 0 N–H and O–H groups in total. The van der Waals surface area contributed by atoms with Crippen LogP contribution in [0.2, 0.25) is 0 Å². The summed E-state index contributed by atoms with van der Waals surface area (Å²) in [6.07, 6.45) is 7.04. The van der Waals surface area contributed by atoms with Crippen LogP contribution in [0.3, 0.4) is 0 Å². The van der Waals surface area contributed by atoms with Gasteiger partial charge in [-0.15, -0.1) is 0 Å². The van der Waals surface area contributed by atoms with Crippen molar-refractivity contribution in [1.29, 1.82) is 0 Å². The summed E-state index contributed by atoms with van der Waals surface area (Å²) in [6.45, 7) is 17.7. The summed E-state index contributed by atoms with van der Waals surface area (Å²) in [7, 11) is -1.99. The van der Waals surface area contributed by atoms with Crippen LogP contribution in [0, 0.1) is 11.8 Å². The molecule has 2 aliphatic rings. The molecule has 12 nitrogen and oxygen atoms in total. The Kier molecular flexibility index (Phi) is 11.0. The maximum Gasteiger partial charge on any atom is 0.283 e. The molecule has 2 aliphatic heterocycles. The third kappa shape index (κ3) is 8.41. The first kappa shape index (κ1) is 38.4. The third-order valence-electron chi connectivity index (χ3n) is 9.65. The fourth-order valence-electron chi connectivity index (χ4n) is 6.93. The zero-order chi connectivity index (χ0) is 37.5. The Morgan fingerprint density at radius 2 is 1.15 bits per heavy atom. The van der Waals surface area contributed by atoms with E-state index in [2.05, 4.69) is 55.8 Å². The first-order valence-corrected chi connectivity index (χ1v) is 21.5. The number of hydrogen-bond acceptors (Lipinski definition) is 9. The van der Waals surface area contributed by atoms with Gasteiger partial charge in [-0.2, -0.15) is 17.6 Å². The van der Waals surface area contributed by atoms with Crippen LogP contribution in [0.15, 0.2) is 64.6 Å². The van der Waals surface area contributed by atoms with Gasteiger partial charge in [0.1, 0.15) is 11.6 Å². The molecule has 0 atom stereocenters. The third-order valence-corrected chi connectivity index (χ3v) is 12.6. The zero-order valence-corrected chi connectivity index (χ0v) is 33.1. The van der Waals surface area contributed by atoms with Gasteiger partial charge in [0.15, 0.2) is 0 Å². The number of rotatable bonds is 7. The van der Waals surface area contributed by atoms with E-state index < -0.39 is 19.1 Å². The van der Waals surface area contributed by atoms with Crippen molar-refractivity contribution < 1.29 is 26.3 Å². The van der Waals surface area contributed by atoms with Crippen molar-refractivity contribution in [3.05, 3.63) is 66.5 Å². The lowest BCUT2D eigenvalue weighted by molar-refractivity contribution is 0.0610. The molecule has 0 aliphatic carbocycles. The van der Waals surface area contributed by atoms with E-state index in [4.69, 9.17) is 30.1 Å². The van der Waals surface area contributed by atoms with Crippen LogP contribution in [-0.4, -0.2) is 71.6 Å². The highest BCUT2D eigenvalue weighted by Crippen LogP contribution is 2.32. The number of nitrogens with zero attached hydrogens (tertiary/aromatic N) is 6. The first-order valence-electron chi connectivity index (χ1n) is 17.8. The van der Waals surface area contributed by atoms with E-state index in [9.17, 15) is 16.8 Å². The minimum absolute atomic E-state index is 0.0906. The molecule has 52 heavy (non-hydrogen) atoms. The van der Waals surface area contributed by atoms with Crippen LogP contribution >= 0.6 is 10.7 Å². The maximum atomic E-state index is 12.8. The van der Waals surface area contributed by atoms with E-state index in [1.807, 2.05) is 12.1 Å². The summed E-state index contributed by atoms with van der Waals surface area (Å²) < 4.78 is 65.2.